The SMILES string of the molecule is CCNC(=NCc1ccc(C(=O)N(C)C)cc1)NCCc1cc(C)ccc1OC. The molecule has 0 atom stereocenters. The lowest BCUT2D eigenvalue weighted by Gasteiger charge is -2.13. The summed E-state index contributed by atoms with van der Waals surface area (Å²) in [6.45, 7) is 6.21. The van der Waals surface area contributed by atoms with Crippen LogP contribution in [0.25, 0.3) is 0 Å². The number of aryl methyl sites for hydroxylation is 1. The summed E-state index contributed by atoms with van der Waals surface area (Å²) in [5.41, 5.74) is 4.13. The van der Waals surface area contributed by atoms with Crippen molar-refractivity contribution in [2.75, 3.05) is 34.3 Å². The molecule has 0 aliphatic heterocycles. The van der Waals surface area contributed by atoms with Gasteiger partial charge in [0, 0.05) is 32.7 Å². The summed E-state index contributed by atoms with van der Waals surface area (Å²) < 4.78 is 5.45. The molecule has 6 heteroatoms. The molecular weight excluding hydrogens is 364 g/mol. The van der Waals surface area contributed by atoms with Crippen LogP contribution in [0.15, 0.2) is 47.5 Å². The number of hydrogen-bond acceptors (Lipinski definition) is 3. The van der Waals surface area contributed by atoms with E-state index in [2.05, 4.69) is 34.7 Å². The number of aliphatic imine (C=N–C) groups is 1. The first-order chi connectivity index (χ1) is 13.9. The number of benzene rings is 2. The van der Waals surface area contributed by atoms with E-state index in [-0.39, 0.29) is 5.91 Å². The molecule has 2 N–H and O–H groups in total. The van der Waals surface area contributed by atoms with Crippen molar-refractivity contribution >= 4 is 11.9 Å². The van der Waals surface area contributed by atoms with Gasteiger partial charge in [-0.15, -0.1) is 0 Å². The molecule has 2 aromatic rings. The van der Waals surface area contributed by atoms with E-state index in [1.807, 2.05) is 37.3 Å². The quantitative estimate of drug-likeness (QED) is 0.532. The summed E-state index contributed by atoms with van der Waals surface area (Å²) in [4.78, 5) is 18.2. The van der Waals surface area contributed by atoms with E-state index in [0.717, 1.165) is 36.8 Å². The van der Waals surface area contributed by atoms with E-state index in [1.54, 1.807) is 26.1 Å². The highest BCUT2D eigenvalue weighted by Gasteiger charge is 2.07. The van der Waals surface area contributed by atoms with E-state index < -0.39 is 0 Å². The Morgan fingerprint density at radius 1 is 1.10 bits per heavy atom. The zero-order valence-corrected chi connectivity index (χ0v) is 18.1. The Labute approximate surface area is 174 Å². The lowest BCUT2D eigenvalue weighted by molar-refractivity contribution is 0.0827. The van der Waals surface area contributed by atoms with Gasteiger partial charge in [0.1, 0.15) is 5.75 Å². The van der Waals surface area contributed by atoms with Gasteiger partial charge in [-0.25, -0.2) is 4.99 Å². The van der Waals surface area contributed by atoms with Crippen molar-refractivity contribution in [3.8, 4) is 5.75 Å². The van der Waals surface area contributed by atoms with Crippen LogP contribution in [0.4, 0.5) is 0 Å². The molecule has 2 rings (SSSR count). The van der Waals surface area contributed by atoms with Crippen LogP contribution in [-0.2, 0) is 13.0 Å². The van der Waals surface area contributed by atoms with Gasteiger partial charge in [0.15, 0.2) is 5.96 Å². The van der Waals surface area contributed by atoms with E-state index >= 15 is 0 Å². The summed E-state index contributed by atoms with van der Waals surface area (Å²) in [6, 6.07) is 13.8. The third-order valence-corrected chi connectivity index (χ3v) is 4.49. The fraction of sp³-hybridized carbons (Fsp3) is 0.391. The molecule has 0 unspecified atom stereocenters. The Morgan fingerprint density at radius 2 is 1.83 bits per heavy atom. The molecule has 0 bridgehead atoms. The van der Waals surface area contributed by atoms with Crippen molar-refractivity contribution in [3.05, 3.63) is 64.7 Å². The summed E-state index contributed by atoms with van der Waals surface area (Å²) in [6.07, 6.45) is 0.844. The Balaban J connectivity index is 1.96. The molecule has 0 radical (unpaired) electrons. The molecule has 0 saturated heterocycles. The van der Waals surface area contributed by atoms with Crippen molar-refractivity contribution in [2.45, 2.75) is 26.8 Å². The highest BCUT2D eigenvalue weighted by Crippen LogP contribution is 2.19. The van der Waals surface area contributed by atoms with Gasteiger partial charge in [0.2, 0.25) is 0 Å². The smallest absolute Gasteiger partial charge is 0.253 e. The van der Waals surface area contributed by atoms with Gasteiger partial charge in [0.25, 0.3) is 5.91 Å². The molecule has 156 valence electrons. The van der Waals surface area contributed by atoms with Crippen LogP contribution in [0.3, 0.4) is 0 Å². The van der Waals surface area contributed by atoms with Gasteiger partial charge in [0.05, 0.1) is 13.7 Å². The standard InChI is InChI=1S/C23H32N4O2/c1-6-24-23(25-14-13-20-15-17(2)7-12-21(20)29-5)26-16-18-8-10-19(11-9-18)22(28)27(3)4/h7-12,15H,6,13-14,16H2,1-5H3,(H2,24,25,26). The average molecular weight is 397 g/mol. The lowest BCUT2D eigenvalue weighted by Crippen LogP contribution is -2.38. The van der Waals surface area contributed by atoms with Crippen molar-refractivity contribution in [3.63, 3.8) is 0 Å². The van der Waals surface area contributed by atoms with Gasteiger partial charge in [-0.3, -0.25) is 4.79 Å². The number of rotatable bonds is 8. The number of amides is 1. The van der Waals surface area contributed by atoms with E-state index in [4.69, 9.17) is 4.74 Å². The predicted octanol–water partition coefficient (Wildman–Crippen LogP) is 3.00. The summed E-state index contributed by atoms with van der Waals surface area (Å²) >= 11 is 0. The largest absolute Gasteiger partial charge is 0.496 e. The van der Waals surface area contributed by atoms with E-state index in [9.17, 15) is 4.79 Å². The van der Waals surface area contributed by atoms with Crippen LogP contribution >= 0.6 is 0 Å². The van der Waals surface area contributed by atoms with Crippen LogP contribution < -0.4 is 15.4 Å². The number of nitrogens with one attached hydrogen (secondary N) is 2. The third kappa shape index (κ3) is 6.82. The molecule has 0 aliphatic rings. The molecule has 1 amide bonds. The van der Waals surface area contributed by atoms with Crippen LogP contribution in [0, 0.1) is 6.92 Å². The van der Waals surface area contributed by atoms with Gasteiger partial charge in [-0.05, 0) is 49.6 Å². The summed E-state index contributed by atoms with van der Waals surface area (Å²) in [7, 11) is 5.20. The average Bonchev–Trinajstić information content (AvgIpc) is 2.72. The first-order valence-electron chi connectivity index (χ1n) is 9.91. The minimum absolute atomic E-state index is 0.00151. The van der Waals surface area contributed by atoms with Gasteiger partial charge >= 0.3 is 0 Å². The first-order valence-corrected chi connectivity index (χ1v) is 9.91. The molecule has 29 heavy (non-hydrogen) atoms. The maximum Gasteiger partial charge on any atom is 0.253 e. The molecule has 0 heterocycles. The third-order valence-electron chi connectivity index (χ3n) is 4.49. The van der Waals surface area contributed by atoms with Crippen LogP contribution in [0.2, 0.25) is 0 Å². The maximum absolute atomic E-state index is 12.0. The number of carbonyl (C=O) groups is 1. The van der Waals surface area contributed by atoms with E-state index in [0.29, 0.717) is 12.1 Å². The number of nitrogens with zero attached hydrogens (tertiary/aromatic N) is 2. The van der Waals surface area contributed by atoms with Crippen LogP contribution in [-0.4, -0.2) is 51.1 Å². The Morgan fingerprint density at radius 3 is 2.45 bits per heavy atom. The van der Waals surface area contributed by atoms with Crippen molar-refractivity contribution in [1.29, 1.82) is 0 Å². The molecule has 0 spiro atoms. The minimum Gasteiger partial charge on any atom is -0.496 e. The normalized spacial score (nSPS) is 11.1. The Hall–Kier alpha value is -3.02. The maximum atomic E-state index is 12.0. The van der Waals surface area contributed by atoms with E-state index in [1.165, 1.54) is 11.1 Å². The molecule has 0 aromatic heterocycles. The number of carbonyl (C=O) groups excluding carboxylic acids is 1. The van der Waals surface area contributed by atoms with Gasteiger partial charge < -0.3 is 20.3 Å². The molecule has 2 aromatic carbocycles. The number of hydrogen-bond donors (Lipinski definition) is 2. The zero-order chi connectivity index (χ0) is 21.2. The van der Waals surface area contributed by atoms with Crippen molar-refractivity contribution in [2.24, 2.45) is 4.99 Å². The van der Waals surface area contributed by atoms with Crippen LogP contribution in [0.1, 0.15) is 34.0 Å². The highest BCUT2D eigenvalue weighted by atomic mass is 16.5. The fourth-order valence-electron chi connectivity index (χ4n) is 2.94. The second-order valence-electron chi connectivity index (χ2n) is 7.08. The van der Waals surface area contributed by atoms with Crippen molar-refractivity contribution < 1.29 is 9.53 Å². The summed E-state index contributed by atoms with van der Waals surface area (Å²) in [5.74, 6) is 1.68. The first kappa shape index (κ1) is 22.3. The molecule has 0 fully saturated rings. The number of ether oxygens (including phenoxy) is 1. The second kappa shape index (κ2) is 11.1. The second-order valence-corrected chi connectivity index (χ2v) is 7.08. The Kier molecular flexibility index (Phi) is 8.52. The fourth-order valence-corrected chi connectivity index (χ4v) is 2.94. The molecule has 0 saturated carbocycles. The lowest BCUT2D eigenvalue weighted by atomic mass is 10.1. The highest BCUT2D eigenvalue weighted by molar-refractivity contribution is 5.93. The molecular formula is C23H32N4O2. The number of methoxy groups -OCH3 is 1. The minimum atomic E-state index is 0.00151. The van der Waals surface area contributed by atoms with Gasteiger partial charge in [-0.2, -0.15) is 0 Å². The topological polar surface area (TPSA) is 66.0 Å². The predicted molar refractivity (Wildman–Crippen MR) is 119 cm³/mol. The molecule has 0 aliphatic carbocycles. The monoisotopic (exact) mass is 396 g/mol. The summed E-state index contributed by atoms with van der Waals surface area (Å²) in [5, 5.41) is 6.65. The van der Waals surface area contributed by atoms with Crippen molar-refractivity contribution in [1.82, 2.24) is 15.5 Å². The van der Waals surface area contributed by atoms with Crippen LogP contribution in [0.5, 0.6) is 5.75 Å². The zero-order valence-electron chi connectivity index (χ0n) is 18.1. The number of guanidine groups is 1. The van der Waals surface area contributed by atoms with Gasteiger partial charge in [-0.1, -0.05) is 29.8 Å². The Bertz CT molecular complexity index is 829. The molecule has 6 nitrogen and oxygen atoms in total.